The number of rotatable bonds is 2. The number of nitrogens with two attached hydrogens (primary N) is 2. The maximum atomic E-state index is 12.8. The van der Waals surface area contributed by atoms with Gasteiger partial charge in [-0.25, -0.2) is 13.8 Å². The third-order valence-corrected chi connectivity index (χ3v) is 1.56. The predicted octanol–water partition coefficient (Wildman–Crippen LogP) is 1.20. The van der Waals surface area contributed by atoms with Crippen LogP contribution < -0.4 is 11.5 Å². The fourth-order valence-electron chi connectivity index (χ4n) is 0.881. The molecule has 0 saturated heterocycles. The van der Waals surface area contributed by atoms with E-state index >= 15 is 0 Å². The first kappa shape index (κ1) is 9.79. The zero-order valence-electron chi connectivity index (χ0n) is 6.60. The van der Waals surface area contributed by atoms with E-state index in [9.17, 15) is 13.2 Å². The highest BCUT2D eigenvalue weighted by Gasteiger charge is 2.15. The Labute approximate surface area is 72.6 Å². The van der Waals surface area contributed by atoms with Crippen molar-refractivity contribution in [2.75, 3.05) is 5.73 Å². The van der Waals surface area contributed by atoms with Gasteiger partial charge in [0.2, 0.25) is 5.95 Å². The second kappa shape index (κ2) is 3.61. The molecule has 0 spiro atoms. The summed E-state index contributed by atoms with van der Waals surface area (Å²) >= 11 is 0. The van der Waals surface area contributed by atoms with Crippen molar-refractivity contribution < 1.29 is 13.2 Å². The van der Waals surface area contributed by atoms with Gasteiger partial charge in [0, 0.05) is 12.1 Å². The molecular weight excluding hydrogens is 183 g/mol. The molecule has 6 heteroatoms. The number of hydrogen-bond acceptors (Lipinski definition) is 3. The van der Waals surface area contributed by atoms with E-state index in [1.54, 1.807) is 0 Å². The molecule has 1 aromatic rings. The summed E-state index contributed by atoms with van der Waals surface area (Å²) in [6.07, 6.45) is -2.77. The van der Waals surface area contributed by atoms with Gasteiger partial charge in [-0.15, -0.1) is 0 Å². The van der Waals surface area contributed by atoms with Crippen LogP contribution in [-0.2, 0) is 6.54 Å². The second-order valence-electron chi connectivity index (χ2n) is 2.42. The van der Waals surface area contributed by atoms with Crippen LogP contribution in [0.15, 0.2) is 6.07 Å². The minimum Gasteiger partial charge on any atom is -0.383 e. The van der Waals surface area contributed by atoms with Crippen LogP contribution in [0.25, 0.3) is 0 Å². The quantitative estimate of drug-likeness (QED) is 0.690. The molecule has 0 radical (unpaired) electrons. The number of halogens is 3. The zero-order valence-corrected chi connectivity index (χ0v) is 6.60. The Balaban J connectivity index is 3.22. The van der Waals surface area contributed by atoms with Crippen LogP contribution in [0, 0.1) is 5.95 Å². The first-order valence-corrected chi connectivity index (χ1v) is 3.49. The third kappa shape index (κ3) is 1.89. The minimum atomic E-state index is -2.77. The maximum absolute atomic E-state index is 12.8. The topological polar surface area (TPSA) is 64.9 Å². The van der Waals surface area contributed by atoms with Crippen LogP contribution in [0.2, 0.25) is 0 Å². The molecule has 0 aliphatic rings. The lowest BCUT2D eigenvalue weighted by molar-refractivity contribution is 0.151. The summed E-state index contributed by atoms with van der Waals surface area (Å²) < 4.78 is 37.2. The molecule has 0 unspecified atom stereocenters. The summed E-state index contributed by atoms with van der Waals surface area (Å²) in [6.45, 7) is -0.182. The van der Waals surface area contributed by atoms with Crippen molar-refractivity contribution >= 4 is 5.82 Å². The van der Waals surface area contributed by atoms with Crippen LogP contribution in [0.1, 0.15) is 17.6 Å². The van der Waals surface area contributed by atoms with Crippen molar-refractivity contribution in [3.8, 4) is 0 Å². The molecule has 0 atom stereocenters. The Morgan fingerprint density at radius 3 is 2.54 bits per heavy atom. The van der Waals surface area contributed by atoms with Crippen LogP contribution >= 0.6 is 0 Å². The number of nitrogen functional groups attached to an aromatic ring is 1. The molecule has 0 bridgehead atoms. The fourth-order valence-corrected chi connectivity index (χ4v) is 0.881. The van der Waals surface area contributed by atoms with Crippen LogP contribution in [0.5, 0.6) is 0 Å². The van der Waals surface area contributed by atoms with E-state index in [1.165, 1.54) is 0 Å². The van der Waals surface area contributed by atoms with Crippen molar-refractivity contribution in [2.24, 2.45) is 5.73 Å². The number of anilines is 1. The monoisotopic (exact) mass is 191 g/mol. The fraction of sp³-hybridized carbons (Fsp3) is 0.286. The number of aromatic nitrogens is 1. The number of nitrogens with zero attached hydrogens (tertiary/aromatic N) is 1. The van der Waals surface area contributed by atoms with Gasteiger partial charge in [-0.05, 0) is 6.07 Å². The third-order valence-electron chi connectivity index (χ3n) is 1.56. The molecule has 0 fully saturated rings. The van der Waals surface area contributed by atoms with Gasteiger partial charge in [0.05, 0.1) is 5.56 Å². The smallest absolute Gasteiger partial charge is 0.267 e. The van der Waals surface area contributed by atoms with Crippen LogP contribution in [0.4, 0.5) is 19.0 Å². The van der Waals surface area contributed by atoms with Gasteiger partial charge >= 0.3 is 0 Å². The van der Waals surface area contributed by atoms with Crippen molar-refractivity contribution in [3.05, 3.63) is 23.1 Å². The summed E-state index contributed by atoms with van der Waals surface area (Å²) in [5.41, 5.74) is 9.63. The van der Waals surface area contributed by atoms with Gasteiger partial charge in [-0.1, -0.05) is 0 Å². The van der Waals surface area contributed by atoms with Crippen molar-refractivity contribution in [3.63, 3.8) is 0 Å². The van der Waals surface area contributed by atoms with Crippen molar-refractivity contribution in [1.82, 2.24) is 4.98 Å². The van der Waals surface area contributed by atoms with E-state index in [0.29, 0.717) is 0 Å². The molecular formula is C7H8F3N3. The first-order chi connectivity index (χ1) is 6.06. The van der Waals surface area contributed by atoms with Crippen molar-refractivity contribution in [1.29, 1.82) is 0 Å². The van der Waals surface area contributed by atoms with Gasteiger partial charge in [-0.2, -0.15) is 4.39 Å². The number of pyridine rings is 1. The average Bonchev–Trinajstić information content (AvgIpc) is 2.03. The summed E-state index contributed by atoms with van der Waals surface area (Å²) in [5, 5.41) is 0. The Morgan fingerprint density at radius 2 is 2.08 bits per heavy atom. The molecule has 0 amide bonds. The highest BCUT2D eigenvalue weighted by atomic mass is 19.3. The van der Waals surface area contributed by atoms with Crippen LogP contribution in [-0.4, -0.2) is 4.98 Å². The van der Waals surface area contributed by atoms with Gasteiger partial charge in [0.1, 0.15) is 5.82 Å². The second-order valence-corrected chi connectivity index (χ2v) is 2.42. The van der Waals surface area contributed by atoms with Gasteiger partial charge in [0.25, 0.3) is 6.43 Å². The van der Waals surface area contributed by atoms with Gasteiger partial charge < -0.3 is 11.5 Å². The normalized spacial score (nSPS) is 10.8. The first-order valence-electron chi connectivity index (χ1n) is 3.49. The average molecular weight is 191 g/mol. The lowest BCUT2D eigenvalue weighted by Crippen LogP contribution is -2.07. The molecule has 0 aromatic carbocycles. The summed E-state index contributed by atoms with van der Waals surface area (Å²) in [7, 11) is 0. The minimum absolute atomic E-state index is 0.0653. The summed E-state index contributed by atoms with van der Waals surface area (Å²) in [5.74, 6) is -1.39. The standard InChI is InChI=1S/C7H8F3N3/c8-5(9)4-1-3(2-11)6(10)13-7(4)12/h1,5H,2,11H2,(H2,12,13). The lowest BCUT2D eigenvalue weighted by Gasteiger charge is -2.06. The van der Waals surface area contributed by atoms with E-state index in [1.807, 2.05) is 0 Å². The Bertz CT molecular complexity index is 314. The molecule has 0 aliphatic carbocycles. The lowest BCUT2D eigenvalue weighted by atomic mass is 10.2. The molecule has 1 aromatic heterocycles. The molecule has 13 heavy (non-hydrogen) atoms. The summed E-state index contributed by atoms with van der Waals surface area (Å²) in [6, 6.07) is 0.933. The summed E-state index contributed by atoms with van der Waals surface area (Å²) in [4.78, 5) is 3.12. The van der Waals surface area contributed by atoms with E-state index in [0.717, 1.165) is 6.07 Å². The zero-order chi connectivity index (χ0) is 10.0. The molecule has 1 heterocycles. The molecule has 0 aliphatic heterocycles. The van der Waals surface area contributed by atoms with Gasteiger partial charge in [-0.3, -0.25) is 0 Å². The predicted molar refractivity (Wildman–Crippen MR) is 41.5 cm³/mol. The van der Waals surface area contributed by atoms with E-state index in [2.05, 4.69) is 4.98 Å². The van der Waals surface area contributed by atoms with E-state index in [-0.39, 0.29) is 12.1 Å². The molecule has 0 saturated carbocycles. The maximum Gasteiger partial charge on any atom is 0.267 e. The highest BCUT2D eigenvalue weighted by Crippen LogP contribution is 2.25. The van der Waals surface area contributed by atoms with Crippen molar-refractivity contribution in [2.45, 2.75) is 13.0 Å². The molecule has 1 rings (SSSR count). The van der Waals surface area contributed by atoms with Gasteiger partial charge in [0.15, 0.2) is 0 Å². The SMILES string of the molecule is NCc1cc(C(F)F)c(N)nc1F. The number of hydrogen-bond donors (Lipinski definition) is 2. The van der Waals surface area contributed by atoms with E-state index in [4.69, 9.17) is 11.5 Å². The largest absolute Gasteiger partial charge is 0.383 e. The Morgan fingerprint density at radius 1 is 1.46 bits per heavy atom. The number of alkyl halides is 2. The Hall–Kier alpha value is -1.30. The van der Waals surface area contributed by atoms with E-state index < -0.39 is 23.8 Å². The molecule has 72 valence electrons. The highest BCUT2D eigenvalue weighted by molar-refractivity contribution is 5.42. The van der Waals surface area contributed by atoms with Crippen LogP contribution in [0.3, 0.4) is 0 Å². The molecule has 4 N–H and O–H groups in total. The molecule has 3 nitrogen and oxygen atoms in total. The Kier molecular flexibility index (Phi) is 2.72.